The Bertz CT molecular complexity index is 1110. The van der Waals surface area contributed by atoms with Crippen LogP contribution in [0.5, 0.6) is 0 Å². The zero-order valence-corrected chi connectivity index (χ0v) is 17.5. The van der Waals surface area contributed by atoms with E-state index in [-0.39, 0.29) is 34.8 Å². The summed E-state index contributed by atoms with van der Waals surface area (Å²) in [4.78, 5) is 21.2. The van der Waals surface area contributed by atoms with Gasteiger partial charge < -0.3 is 16.2 Å². The van der Waals surface area contributed by atoms with Gasteiger partial charge in [-0.2, -0.15) is 0 Å². The molecule has 4 N–H and O–H groups in total. The average molecular weight is 438 g/mol. The molecule has 0 aliphatic heterocycles. The fourth-order valence-corrected chi connectivity index (χ4v) is 4.32. The third-order valence-electron chi connectivity index (χ3n) is 5.98. The smallest absolute Gasteiger partial charge is 0.274 e. The van der Waals surface area contributed by atoms with E-state index in [1.807, 2.05) is 13.0 Å². The van der Waals surface area contributed by atoms with Crippen LogP contribution in [0.3, 0.4) is 0 Å². The number of carbonyl (C=O) groups is 1. The molecule has 8 heteroatoms. The quantitative estimate of drug-likeness (QED) is 0.574. The summed E-state index contributed by atoms with van der Waals surface area (Å²) in [5.41, 5.74) is 7.26. The van der Waals surface area contributed by atoms with E-state index in [1.165, 1.54) is 24.3 Å². The number of nitrogens with one attached hydrogen (secondary N) is 1. The lowest BCUT2D eigenvalue weighted by molar-refractivity contribution is 0.0521. The molecule has 4 rings (SSSR count). The van der Waals surface area contributed by atoms with E-state index in [4.69, 9.17) is 5.73 Å². The van der Waals surface area contributed by atoms with Gasteiger partial charge in [0.05, 0.1) is 29.2 Å². The summed E-state index contributed by atoms with van der Waals surface area (Å²) in [6.07, 6.45) is 3.94. The lowest BCUT2D eigenvalue weighted by atomic mass is 9.74. The first-order valence-electron chi connectivity index (χ1n) is 10.5. The van der Waals surface area contributed by atoms with Crippen molar-refractivity contribution in [1.29, 1.82) is 0 Å². The lowest BCUT2D eigenvalue weighted by Gasteiger charge is -2.36. The first-order chi connectivity index (χ1) is 15.3. The molecule has 6 nitrogen and oxygen atoms in total. The van der Waals surface area contributed by atoms with Gasteiger partial charge in [-0.3, -0.25) is 9.78 Å². The Kier molecular flexibility index (Phi) is 6.25. The van der Waals surface area contributed by atoms with Crippen molar-refractivity contribution in [1.82, 2.24) is 9.97 Å². The van der Waals surface area contributed by atoms with Crippen molar-refractivity contribution in [3.63, 3.8) is 0 Å². The summed E-state index contributed by atoms with van der Waals surface area (Å²) in [7, 11) is 0. The van der Waals surface area contributed by atoms with Gasteiger partial charge >= 0.3 is 0 Å². The maximum absolute atomic E-state index is 14.1. The SMILES string of the molecule is C[C@@H]1C[C@H](c2ccncc2NC(=O)c2cccc(-c3c(F)cccc3F)n2)C[C@H](N)[C@H]1O. The zero-order chi connectivity index (χ0) is 22.8. The van der Waals surface area contributed by atoms with Crippen LogP contribution in [0.2, 0.25) is 0 Å². The number of aliphatic hydroxyl groups is 1. The second-order valence-electron chi connectivity index (χ2n) is 8.22. The van der Waals surface area contributed by atoms with Crippen molar-refractivity contribution in [2.75, 3.05) is 5.32 Å². The summed E-state index contributed by atoms with van der Waals surface area (Å²) in [6.45, 7) is 1.95. The number of rotatable bonds is 4. The summed E-state index contributed by atoms with van der Waals surface area (Å²) < 4.78 is 28.3. The molecule has 4 atom stereocenters. The van der Waals surface area contributed by atoms with Crippen LogP contribution in [0.1, 0.15) is 41.7 Å². The van der Waals surface area contributed by atoms with Crippen LogP contribution in [-0.2, 0) is 0 Å². The third-order valence-corrected chi connectivity index (χ3v) is 5.98. The van der Waals surface area contributed by atoms with Gasteiger partial charge in [-0.05, 0) is 60.6 Å². The molecule has 1 fully saturated rings. The zero-order valence-electron chi connectivity index (χ0n) is 17.5. The van der Waals surface area contributed by atoms with Gasteiger partial charge in [-0.1, -0.05) is 19.1 Å². The Labute approximate surface area is 184 Å². The van der Waals surface area contributed by atoms with E-state index >= 15 is 0 Å². The molecule has 1 aromatic carbocycles. The second-order valence-corrected chi connectivity index (χ2v) is 8.22. The number of hydrogen-bond donors (Lipinski definition) is 3. The fourth-order valence-electron chi connectivity index (χ4n) is 4.32. The highest BCUT2D eigenvalue weighted by atomic mass is 19.1. The molecule has 2 aromatic heterocycles. The van der Waals surface area contributed by atoms with Crippen molar-refractivity contribution in [3.8, 4) is 11.3 Å². The van der Waals surface area contributed by atoms with Crippen molar-refractivity contribution >= 4 is 11.6 Å². The molecule has 32 heavy (non-hydrogen) atoms. The molecule has 1 aliphatic carbocycles. The number of halogens is 2. The molecular formula is C24H24F2N4O2. The van der Waals surface area contributed by atoms with E-state index < -0.39 is 23.6 Å². The van der Waals surface area contributed by atoms with E-state index in [0.29, 0.717) is 12.1 Å². The highest BCUT2D eigenvalue weighted by molar-refractivity contribution is 6.03. The van der Waals surface area contributed by atoms with Gasteiger partial charge in [-0.15, -0.1) is 0 Å². The minimum absolute atomic E-state index is 0.0177. The van der Waals surface area contributed by atoms with Crippen LogP contribution in [0.15, 0.2) is 54.9 Å². The number of anilines is 1. The average Bonchev–Trinajstić information content (AvgIpc) is 2.77. The second kappa shape index (κ2) is 9.10. The van der Waals surface area contributed by atoms with E-state index in [2.05, 4.69) is 15.3 Å². The normalized spacial score (nSPS) is 23.0. The maximum atomic E-state index is 14.1. The largest absolute Gasteiger partial charge is 0.391 e. The minimum Gasteiger partial charge on any atom is -0.391 e. The van der Waals surface area contributed by atoms with E-state index in [0.717, 1.165) is 24.1 Å². The molecule has 0 radical (unpaired) electrons. The van der Waals surface area contributed by atoms with E-state index in [9.17, 15) is 18.7 Å². The third kappa shape index (κ3) is 4.37. The summed E-state index contributed by atoms with van der Waals surface area (Å²) in [5.74, 6) is -1.96. The first-order valence-corrected chi connectivity index (χ1v) is 10.5. The molecule has 3 aromatic rings. The Morgan fingerprint density at radius 3 is 2.56 bits per heavy atom. The van der Waals surface area contributed by atoms with Crippen molar-refractivity contribution in [2.24, 2.45) is 11.7 Å². The predicted molar refractivity (Wildman–Crippen MR) is 117 cm³/mol. The van der Waals surface area contributed by atoms with Crippen LogP contribution in [0, 0.1) is 17.6 Å². The molecule has 166 valence electrons. The van der Waals surface area contributed by atoms with Crippen molar-refractivity contribution < 1.29 is 18.7 Å². The number of aromatic nitrogens is 2. The van der Waals surface area contributed by atoms with Gasteiger partial charge in [-0.25, -0.2) is 13.8 Å². The van der Waals surface area contributed by atoms with Crippen LogP contribution in [0.25, 0.3) is 11.3 Å². The fraction of sp³-hybridized carbons (Fsp3) is 0.292. The number of amides is 1. The van der Waals surface area contributed by atoms with Gasteiger partial charge in [0.2, 0.25) is 0 Å². The van der Waals surface area contributed by atoms with Crippen LogP contribution in [-0.4, -0.2) is 33.1 Å². The summed E-state index contributed by atoms with van der Waals surface area (Å²) in [6, 6.07) is 9.47. The molecule has 0 saturated heterocycles. The molecule has 1 aliphatic rings. The van der Waals surface area contributed by atoms with Gasteiger partial charge in [0.15, 0.2) is 0 Å². The summed E-state index contributed by atoms with van der Waals surface area (Å²) >= 11 is 0. The number of aliphatic hydroxyl groups excluding tert-OH is 1. The molecule has 0 bridgehead atoms. The Morgan fingerprint density at radius 2 is 1.84 bits per heavy atom. The predicted octanol–water partition coefficient (Wildman–Crippen LogP) is 3.88. The Balaban J connectivity index is 1.60. The Hall–Kier alpha value is -3.23. The number of benzene rings is 1. The number of nitrogens with zero attached hydrogens (tertiary/aromatic N) is 2. The van der Waals surface area contributed by atoms with E-state index in [1.54, 1.807) is 12.4 Å². The number of carbonyl (C=O) groups excluding carboxylic acids is 1. The van der Waals surface area contributed by atoms with Crippen LogP contribution >= 0.6 is 0 Å². The standard InChI is InChI=1S/C24H24F2N4O2/c1-13-10-14(11-18(27)23(13)31)15-8-9-28-12-21(15)30-24(32)20-7-3-6-19(29-20)22-16(25)4-2-5-17(22)26/h2-9,12-14,18,23,31H,10-11,27H2,1H3,(H,30,32)/t13-,14+,18+,23+/m1/s1. The molecule has 1 saturated carbocycles. The lowest BCUT2D eigenvalue weighted by Crippen LogP contribution is -2.44. The molecule has 0 spiro atoms. The van der Waals surface area contributed by atoms with Gasteiger partial charge in [0.25, 0.3) is 5.91 Å². The monoisotopic (exact) mass is 438 g/mol. The topological polar surface area (TPSA) is 101 Å². The van der Waals surface area contributed by atoms with Crippen LogP contribution < -0.4 is 11.1 Å². The molecular weight excluding hydrogens is 414 g/mol. The van der Waals surface area contributed by atoms with Crippen LogP contribution in [0.4, 0.5) is 14.5 Å². The minimum atomic E-state index is -0.755. The summed E-state index contributed by atoms with van der Waals surface area (Å²) in [5, 5.41) is 13.0. The number of pyridine rings is 2. The molecule has 1 amide bonds. The maximum Gasteiger partial charge on any atom is 0.274 e. The molecule has 0 unspecified atom stereocenters. The first kappa shape index (κ1) is 22.0. The molecule has 2 heterocycles. The van der Waals surface area contributed by atoms with Gasteiger partial charge in [0, 0.05) is 12.2 Å². The highest BCUT2D eigenvalue weighted by Gasteiger charge is 2.34. The number of hydrogen-bond acceptors (Lipinski definition) is 5. The number of nitrogens with two attached hydrogens (primary N) is 1. The van der Waals surface area contributed by atoms with Gasteiger partial charge in [0.1, 0.15) is 17.3 Å². The Morgan fingerprint density at radius 1 is 1.12 bits per heavy atom. The highest BCUT2D eigenvalue weighted by Crippen LogP contribution is 2.38. The van der Waals surface area contributed by atoms with Crippen molar-refractivity contribution in [3.05, 3.63) is 77.8 Å². The van der Waals surface area contributed by atoms with Crippen molar-refractivity contribution in [2.45, 2.75) is 37.8 Å².